The van der Waals surface area contributed by atoms with Crippen molar-refractivity contribution in [1.29, 1.82) is 0 Å². The van der Waals surface area contributed by atoms with Crippen LogP contribution in [-0.4, -0.2) is 29.5 Å². The summed E-state index contributed by atoms with van der Waals surface area (Å²) in [6, 6.07) is 13.2. The van der Waals surface area contributed by atoms with Crippen molar-refractivity contribution in [1.82, 2.24) is 10.7 Å². The standard InChI is InChI=1S/C20H22N4O4/c1-20(2,3)16-10-8-14(9-11-16)19(26)21-13-18(25)23-22-12-15-6-4-5-7-17(15)24(27)28/h4-12H,13H2,1-3H3,(H,21,26)(H,23,25). The van der Waals surface area contributed by atoms with Crippen molar-refractivity contribution < 1.29 is 14.5 Å². The monoisotopic (exact) mass is 382 g/mol. The highest BCUT2D eigenvalue weighted by Gasteiger charge is 2.14. The first-order chi connectivity index (χ1) is 13.2. The minimum Gasteiger partial charge on any atom is -0.343 e. The van der Waals surface area contributed by atoms with Crippen molar-refractivity contribution in [2.45, 2.75) is 26.2 Å². The lowest BCUT2D eigenvalue weighted by molar-refractivity contribution is -0.385. The highest BCUT2D eigenvalue weighted by atomic mass is 16.6. The van der Waals surface area contributed by atoms with Gasteiger partial charge in [-0.2, -0.15) is 5.10 Å². The van der Waals surface area contributed by atoms with E-state index in [0.717, 1.165) is 5.56 Å². The molecule has 0 aliphatic heterocycles. The van der Waals surface area contributed by atoms with Gasteiger partial charge in [-0.15, -0.1) is 0 Å². The fourth-order valence-electron chi connectivity index (χ4n) is 2.36. The van der Waals surface area contributed by atoms with Crippen molar-refractivity contribution >= 4 is 23.7 Å². The number of amides is 2. The number of hydrazone groups is 1. The number of carbonyl (C=O) groups excluding carboxylic acids is 2. The van der Waals surface area contributed by atoms with Gasteiger partial charge in [-0.3, -0.25) is 19.7 Å². The molecule has 2 rings (SSSR count). The van der Waals surface area contributed by atoms with Gasteiger partial charge in [0, 0.05) is 11.6 Å². The molecule has 0 aliphatic rings. The first-order valence-corrected chi connectivity index (χ1v) is 8.62. The van der Waals surface area contributed by atoms with Gasteiger partial charge in [0.25, 0.3) is 17.5 Å². The van der Waals surface area contributed by atoms with E-state index in [1.165, 1.54) is 24.4 Å². The molecule has 0 saturated heterocycles. The Morgan fingerprint density at radius 3 is 2.36 bits per heavy atom. The van der Waals surface area contributed by atoms with Crippen LogP contribution in [-0.2, 0) is 10.2 Å². The van der Waals surface area contributed by atoms with E-state index in [4.69, 9.17) is 0 Å². The van der Waals surface area contributed by atoms with Gasteiger partial charge in [-0.05, 0) is 29.2 Å². The molecule has 2 N–H and O–H groups in total. The fourth-order valence-corrected chi connectivity index (χ4v) is 2.36. The molecule has 0 atom stereocenters. The minimum atomic E-state index is -0.547. The van der Waals surface area contributed by atoms with Crippen molar-refractivity contribution in [3.63, 3.8) is 0 Å². The Kier molecular flexibility index (Phi) is 6.59. The smallest absolute Gasteiger partial charge is 0.278 e. The minimum absolute atomic E-state index is 0.0132. The predicted molar refractivity (Wildman–Crippen MR) is 106 cm³/mol. The molecular weight excluding hydrogens is 360 g/mol. The second-order valence-corrected chi connectivity index (χ2v) is 7.12. The lowest BCUT2D eigenvalue weighted by Gasteiger charge is -2.19. The number of rotatable bonds is 6. The summed E-state index contributed by atoms with van der Waals surface area (Å²) in [6.07, 6.45) is 1.18. The predicted octanol–water partition coefficient (Wildman–Crippen LogP) is 2.77. The molecule has 2 amide bonds. The van der Waals surface area contributed by atoms with Crippen molar-refractivity contribution in [2.75, 3.05) is 6.54 Å². The molecule has 0 aromatic heterocycles. The molecular formula is C20H22N4O4. The third-order valence-corrected chi connectivity index (χ3v) is 3.95. The Balaban J connectivity index is 1.87. The largest absolute Gasteiger partial charge is 0.343 e. The lowest BCUT2D eigenvalue weighted by atomic mass is 9.87. The van der Waals surface area contributed by atoms with Gasteiger partial charge in [-0.25, -0.2) is 5.43 Å². The molecule has 0 spiro atoms. The van der Waals surface area contributed by atoms with Crippen LogP contribution in [0, 0.1) is 10.1 Å². The van der Waals surface area contributed by atoms with E-state index in [2.05, 4.69) is 36.6 Å². The highest BCUT2D eigenvalue weighted by Crippen LogP contribution is 2.22. The van der Waals surface area contributed by atoms with Crippen LogP contribution in [0.3, 0.4) is 0 Å². The summed E-state index contributed by atoms with van der Waals surface area (Å²) in [4.78, 5) is 34.3. The molecule has 28 heavy (non-hydrogen) atoms. The first kappa shape index (κ1) is 20.8. The van der Waals surface area contributed by atoms with Gasteiger partial charge >= 0.3 is 0 Å². The molecule has 0 radical (unpaired) electrons. The van der Waals surface area contributed by atoms with Gasteiger partial charge in [-0.1, -0.05) is 45.0 Å². The molecule has 8 heteroatoms. The Morgan fingerprint density at radius 1 is 1.11 bits per heavy atom. The molecule has 0 saturated carbocycles. The number of nitrogens with zero attached hydrogens (tertiary/aromatic N) is 2. The Bertz CT molecular complexity index is 899. The van der Waals surface area contributed by atoms with Gasteiger partial charge in [0.1, 0.15) is 0 Å². The Hall–Kier alpha value is -3.55. The van der Waals surface area contributed by atoms with Gasteiger partial charge in [0.2, 0.25) is 0 Å². The number of hydrogen-bond donors (Lipinski definition) is 2. The summed E-state index contributed by atoms with van der Waals surface area (Å²) in [6.45, 7) is 5.97. The molecule has 146 valence electrons. The van der Waals surface area contributed by atoms with E-state index in [1.807, 2.05) is 12.1 Å². The third kappa shape index (κ3) is 5.73. The van der Waals surface area contributed by atoms with E-state index in [1.54, 1.807) is 18.2 Å². The number of nitro groups is 1. The maximum absolute atomic E-state index is 12.1. The number of para-hydroxylation sites is 1. The highest BCUT2D eigenvalue weighted by molar-refractivity contribution is 5.96. The van der Waals surface area contributed by atoms with Crippen LogP contribution in [0.5, 0.6) is 0 Å². The van der Waals surface area contributed by atoms with Crippen molar-refractivity contribution in [3.8, 4) is 0 Å². The quantitative estimate of drug-likeness (QED) is 0.454. The molecule has 2 aromatic rings. The second kappa shape index (κ2) is 8.90. The summed E-state index contributed by atoms with van der Waals surface area (Å²) in [5, 5.41) is 17.1. The molecule has 8 nitrogen and oxygen atoms in total. The SMILES string of the molecule is CC(C)(C)c1ccc(C(=O)NCC(=O)NN=Cc2ccccc2[N+](=O)[O-])cc1. The van der Waals surface area contributed by atoms with Gasteiger partial charge in [0.15, 0.2) is 0 Å². The zero-order valence-electron chi connectivity index (χ0n) is 15.9. The third-order valence-electron chi connectivity index (χ3n) is 3.95. The summed E-state index contributed by atoms with van der Waals surface area (Å²) in [5.74, 6) is -0.923. The molecule has 0 fully saturated rings. The maximum atomic E-state index is 12.1. The van der Waals surface area contributed by atoms with Crippen LogP contribution in [0.2, 0.25) is 0 Å². The van der Waals surface area contributed by atoms with Crippen molar-refractivity contribution in [2.24, 2.45) is 5.10 Å². The topological polar surface area (TPSA) is 114 Å². The number of nitrogens with one attached hydrogen (secondary N) is 2. The van der Waals surface area contributed by atoms with Crippen LogP contribution >= 0.6 is 0 Å². The summed E-state index contributed by atoms with van der Waals surface area (Å²) >= 11 is 0. The average Bonchev–Trinajstić information content (AvgIpc) is 2.65. The molecule has 0 unspecified atom stereocenters. The Morgan fingerprint density at radius 2 is 1.75 bits per heavy atom. The van der Waals surface area contributed by atoms with Gasteiger partial charge in [0.05, 0.1) is 23.2 Å². The molecule has 0 aliphatic carbocycles. The lowest BCUT2D eigenvalue weighted by Crippen LogP contribution is -2.34. The van der Waals surface area contributed by atoms with Crippen LogP contribution in [0.25, 0.3) is 0 Å². The maximum Gasteiger partial charge on any atom is 0.278 e. The van der Waals surface area contributed by atoms with Crippen LogP contribution < -0.4 is 10.7 Å². The first-order valence-electron chi connectivity index (χ1n) is 8.62. The van der Waals surface area contributed by atoms with E-state index in [0.29, 0.717) is 5.56 Å². The number of hydrogen-bond acceptors (Lipinski definition) is 5. The van der Waals surface area contributed by atoms with Crippen LogP contribution in [0.15, 0.2) is 53.6 Å². The van der Waals surface area contributed by atoms with Crippen LogP contribution in [0.4, 0.5) is 5.69 Å². The van der Waals surface area contributed by atoms with Crippen LogP contribution in [0.1, 0.15) is 42.3 Å². The molecule has 0 heterocycles. The number of benzene rings is 2. The van der Waals surface area contributed by atoms with E-state index in [9.17, 15) is 19.7 Å². The van der Waals surface area contributed by atoms with Gasteiger partial charge < -0.3 is 5.32 Å². The summed E-state index contributed by atoms with van der Waals surface area (Å²) in [5.41, 5.74) is 3.91. The fraction of sp³-hybridized carbons (Fsp3) is 0.250. The average molecular weight is 382 g/mol. The van der Waals surface area contributed by atoms with E-state index >= 15 is 0 Å². The second-order valence-electron chi connectivity index (χ2n) is 7.12. The molecule has 2 aromatic carbocycles. The Labute approximate surface area is 162 Å². The van der Waals surface area contributed by atoms with E-state index in [-0.39, 0.29) is 29.1 Å². The number of carbonyl (C=O) groups is 2. The van der Waals surface area contributed by atoms with Crippen molar-refractivity contribution in [3.05, 3.63) is 75.3 Å². The molecule has 0 bridgehead atoms. The zero-order valence-corrected chi connectivity index (χ0v) is 15.9. The van der Waals surface area contributed by atoms with E-state index < -0.39 is 10.8 Å². The summed E-state index contributed by atoms with van der Waals surface area (Å²) < 4.78 is 0. The summed E-state index contributed by atoms with van der Waals surface area (Å²) in [7, 11) is 0. The normalized spacial score (nSPS) is 11.2. The zero-order chi connectivity index (χ0) is 20.7. The number of nitro benzene ring substituents is 1.